The third-order valence-corrected chi connectivity index (χ3v) is 3.37. The van der Waals surface area contributed by atoms with Crippen molar-refractivity contribution in [2.75, 3.05) is 13.7 Å². The average molecular weight is 272 g/mol. The fourth-order valence-electron chi connectivity index (χ4n) is 2.41. The van der Waals surface area contributed by atoms with Crippen molar-refractivity contribution in [3.8, 4) is 11.6 Å². The molecule has 6 heteroatoms. The standard InChI is InChI=1S/C14H16N4O2/c1-19-14-13(16-5-6-17-14)12(18-15)10-2-3-11-9(8-10)4-7-20-11/h2-3,5-6,8,12,18H,4,7,15H2,1H3. The fourth-order valence-corrected chi connectivity index (χ4v) is 2.41. The Hall–Kier alpha value is -2.18. The van der Waals surface area contributed by atoms with Crippen molar-refractivity contribution in [3.63, 3.8) is 0 Å². The van der Waals surface area contributed by atoms with Crippen LogP contribution in [0.1, 0.15) is 22.9 Å². The molecule has 1 aromatic heterocycles. The second kappa shape index (κ2) is 5.44. The first-order chi connectivity index (χ1) is 9.83. The van der Waals surface area contributed by atoms with Gasteiger partial charge in [0.2, 0.25) is 5.88 Å². The van der Waals surface area contributed by atoms with Crippen molar-refractivity contribution in [1.29, 1.82) is 0 Å². The van der Waals surface area contributed by atoms with Crippen LogP contribution in [0, 0.1) is 0 Å². The number of rotatable bonds is 4. The molecule has 20 heavy (non-hydrogen) atoms. The number of ether oxygens (including phenoxy) is 2. The number of aromatic nitrogens is 2. The van der Waals surface area contributed by atoms with Gasteiger partial charge < -0.3 is 9.47 Å². The lowest BCUT2D eigenvalue weighted by Crippen LogP contribution is -2.30. The highest BCUT2D eigenvalue weighted by molar-refractivity contribution is 5.43. The Kier molecular flexibility index (Phi) is 3.49. The highest BCUT2D eigenvalue weighted by Crippen LogP contribution is 2.31. The predicted octanol–water partition coefficient (Wildman–Crippen LogP) is 0.973. The molecule has 104 valence electrons. The SMILES string of the molecule is COc1nccnc1C(NN)c1ccc2c(c1)CCO2. The van der Waals surface area contributed by atoms with E-state index >= 15 is 0 Å². The van der Waals surface area contributed by atoms with Gasteiger partial charge >= 0.3 is 0 Å². The van der Waals surface area contributed by atoms with Crippen LogP contribution < -0.4 is 20.7 Å². The van der Waals surface area contributed by atoms with E-state index < -0.39 is 0 Å². The minimum absolute atomic E-state index is 0.274. The van der Waals surface area contributed by atoms with E-state index in [2.05, 4.69) is 21.5 Å². The van der Waals surface area contributed by atoms with Crippen molar-refractivity contribution in [2.24, 2.45) is 5.84 Å². The molecule has 2 aromatic rings. The molecule has 1 atom stereocenters. The smallest absolute Gasteiger partial charge is 0.237 e. The Morgan fingerprint density at radius 2 is 2.20 bits per heavy atom. The number of hydrogen-bond acceptors (Lipinski definition) is 6. The van der Waals surface area contributed by atoms with E-state index in [-0.39, 0.29) is 6.04 Å². The van der Waals surface area contributed by atoms with Crippen LogP contribution in [0.15, 0.2) is 30.6 Å². The first-order valence-corrected chi connectivity index (χ1v) is 6.40. The van der Waals surface area contributed by atoms with Gasteiger partial charge in [-0.3, -0.25) is 10.8 Å². The van der Waals surface area contributed by atoms with Crippen molar-refractivity contribution >= 4 is 0 Å². The number of fused-ring (bicyclic) bond motifs is 1. The maximum atomic E-state index is 5.70. The summed E-state index contributed by atoms with van der Waals surface area (Å²) >= 11 is 0. The van der Waals surface area contributed by atoms with E-state index in [4.69, 9.17) is 15.3 Å². The largest absolute Gasteiger partial charge is 0.493 e. The van der Waals surface area contributed by atoms with E-state index in [0.29, 0.717) is 11.6 Å². The number of nitrogens with two attached hydrogens (primary N) is 1. The molecule has 0 bridgehead atoms. The van der Waals surface area contributed by atoms with Crippen molar-refractivity contribution in [2.45, 2.75) is 12.5 Å². The summed E-state index contributed by atoms with van der Waals surface area (Å²) in [7, 11) is 1.57. The molecule has 0 aliphatic carbocycles. The molecule has 6 nitrogen and oxygen atoms in total. The lowest BCUT2D eigenvalue weighted by Gasteiger charge is -2.18. The van der Waals surface area contributed by atoms with Crippen LogP contribution in [-0.2, 0) is 6.42 Å². The topological polar surface area (TPSA) is 82.3 Å². The molecular formula is C14H16N4O2. The zero-order valence-corrected chi connectivity index (χ0v) is 11.2. The lowest BCUT2D eigenvalue weighted by molar-refractivity contribution is 0.356. The number of nitrogens with zero attached hydrogens (tertiary/aromatic N) is 2. The Morgan fingerprint density at radius 3 is 3.00 bits per heavy atom. The Bertz CT molecular complexity index is 618. The van der Waals surface area contributed by atoms with Gasteiger partial charge in [-0.2, -0.15) is 0 Å². The van der Waals surface area contributed by atoms with E-state index in [1.807, 2.05) is 12.1 Å². The van der Waals surface area contributed by atoms with Crippen LogP contribution >= 0.6 is 0 Å². The normalized spacial score (nSPS) is 14.5. The quantitative estimate of drug-likeness (QED) is 0.637. The molecular weight excluding hydrogens is 256 g/mol. The monoisotopic (exact) mass is 272 g/mol. The molecule has 1 aliphatic heterocycles. The minimum atomic E-state index is -0.274. The average Bonchev–Trinajstić information content (AvgIpc) is 2.96. The maximum Gasteiger partial charge on any atom is 0.237 e. The van der Waals surface area contributed by atoms with Gasteiger partial charge in [-0.1, -0.05) is 6.07 Å². The van der Waals surface area contributed by atoms with Crippen molar-refractivity contribution in [1.82, 2.24) is 15.4 Å². The number of hydrazine groups is 1. The summed E-state index contributed by atoms with van der Waals surface area (Å²) in [6.07, 6.45) is 4.13. The highest BCUT2D eigenvalue weighted by atomic mass is 16.5. The van der Waals surface area contributed by atoms with Crippen molar-refractivity contribution in [3.05, 3.63) is 47.4 Å². The van der Waals surface area contributed by atoms with E-state index in [9.17, 15) is 0 Å². The van der Waals surface area contributed by atoms with Gasteiger partial charge in [-0.15, -0.1) is 0 Å². The summed E-state index contributed by atoms with van der Waals surface area (Å²) in [6.45, 7) is 0.730. The number of benzene rings is 1. The summed E-state index contributed by atoms with van der Waals surface area (Å²) in [5.74, 6) is 7.11. The van der Waals surface area contributed by atoms with Gasteiger partial charge in [0.05, 0.1) is 19.8 Å². The second-order valence-corrected chi connectivity index (χ2v) is 4.52. The summed E-state index contributed by atoms with van der Waals surface area (Å²) < 4.78 is 10.8. The molecule has 1 aliphatic rings. The summed E-state index contributed by atoms with van der Waals surface area (Å²) in [4.78, 5) is 8.49. The molecule has 3 N–H and O–H groups in total. The van der Waals surface area contributed by atoms with Gasteiger partial charge in [0.25, 0.3) is 0 Å². The molecule has 3 rings (SSSR count). The third-order valence-electron chi connectivity index (χ3n) is 3.37. The number of hydrogen-bond donors (Lipinski definition) is 2. The summed E-state index contributed by atoms with van der Waals surface area (Å²) in [6, 6.07) is 5.75. The van der Waals surface area contributed by atoms with Gasteiger partial charge in [0, 0.05) is 18.8 Å². The Balaban J connectivity index is 2.01. The lowest BCUT2D eigenvalue weighted by atomic mass is 10.0. The van der Waals surface area contributed by atoms with Crippen LogP contribution in [0.5, 0.6) is 11.6 Å². The molecule has 1 unspecified atom stereocenters. The van der Waals surface area contributed by atoms with Crippen molar-refractivity contribution < 1.29 is 9.47 Å². The third kappa shape index (κ3) is 2.19. The van der Waals surface area contributed by atoms with Gasteiger partial charge in [-0.25, -0.2) is 10.4 Å². The first-order valence-electron chi connectivity index (χ1n) is 6.40. The molecule has 0 fully saturated rings. The van der Waals surface area contributed by atoms with Gasteiger partial charge in [0.1, 0.15) is 11.4 Å². The molecule has 0 saturated carbocycles. The van der Waals surface area contributed by atoms with Gasteiger partial charge in [0.15, 0.2) is 0 Å². The van der Waals surface area contributed by atoms with Crippen LogP contribution in [0.25, 0.3) is 0 Å². The molecule has 0 spiro atoms. The van der Waals surface area contributed by atoms with Gasteiger partial charge in [-0.05, 0) is 23.3 Å². The molecule has 0 amide bonds. The minimum Gasteiger partial charge on any atom is -0.493 e. The molecule has 2 heterocycles. The zero-order valence-electron chi connectivity index (χ0n) is 11.2. The fraction of sp³-hybridized carbons (Fsp3) is 0.286. The molecule has 1 aromatic carbocycles. The molecule has 0 saturated heterocycles. The van der Waals surface area contributed by atoms with Crippen LogP contribution in [0.2, 0.25) is 0 Å². The number of nitrogens with one attached hydrogen (secondary N) is 1. The highest BCUT2D eigenvalue weighted by Gasteiger charge is 2.21. The summed E-state index contributed by atoms with van der Waals surface area (Å²) in [5.41, 5.74) is 5.64. The van der Waals surface area contributed by atoms with E-state index in [0.717, 1.165) is 24.3 Å². The maximum absolute atomic E-state index is 5.70. The van der Waals surface area contributed by atoms with E-state index in [1.165, 1.54) is 5.56 Å². The number of methoxy groups -OCH3 is 1. The van der Waals surface area contributed by atoms with Crippen LogP contribution in [0.3, 0.4) is 0 Å². The Morgan fingerprint density at radius 1 is 1.35 bits per heavy atom. The van der Waals surface area contributed by atoms with Crippen LogP contribution in [0.4, 0.5) is 0 Å². The summed E-state index contributed by atoms with van der Waals surface area (Å²) in [5, 5.41) is 0. The van der Waals surface area contributed by atoms with E-state index in [1.54, 1.807) is 19.5 Å². The predicted molar refractivity (Wildman–Crippen MR) is 73.4 cm³/mol. The zero-order chi connectivity index (χ0) is 13.9. The Labute approximate surface area is 116 Å². The first kappa shape index (κ1) is 12.8. The second-order valence-electron chi connectivity index (χ2n) is 4.52. The van der Waals surface area contributed by atoms with Crippen LogP contribution in [-0.4, -0.2) is 23.7 Å². The molecule has 0 radical (unpaired) electrons.